The number of hydrogen-bond acceptors (Lipinski definition) is 9. The van der Waals surface area contributed by atoms with Gasteiger partial charge < -0.3 is 39.6 Å². The van der Waals surface area contributed by atoms with E-state index in [0.717, 1.165) is 0 Å². The van der Waals surface area contributed by atoms with E-state index in [-0.39, 0.29) is 24.7 Å². The highest BCUT2D eigenvalue weighted by atomic mass is 16.8. The molecule has 2 aliphatic rings. The highest BCUT2D eigenvalue weighted by Gasteiger charge is 2.48. The first kappa shape index (κ1) is 19.6. The summed E-state index contributed by atoms with van der Waals surface area (Å²) in [6.45, 7) is 6.34. The molecule has 2 unspecified atom stereocenters. The van der Waals surface area contributed by atoms with Gasteiger partial charge in [0.05, 0.1) is 6.61 Å². The SMILES string of the molecule is C=C1OC(=O)OC1(C)OC[C@H]1OC(O)[C@H](NC(=O)CCC)[C@@H](O)[C@@H]1O. The lowest BCUT2D eigenvalue weighted by Gasteiger charge is -2.41. The summed E-state index contributed by atoms with van der Waals surface area (Å²) in [6.07, 6.45) is -5.78. The lowest BCUT2D eigenvalue weighted by Crippen LogP contribution is -2.64. The van der Waals surface area contributed by atoms with Crippen molar-refractivity contribution in [3.8, 4) is 0 Å². The first-order chi connectivity index (χ1) is 11.7. The maximum absolute atomic E-state index is 11.6. The number of aliphatic hydroxyl groups is 3. The molecular weight excluding hydrogens is 338 g/mol. The number of carbonyl (C=O) groups excluding carboxylic acids is 2. The van der Waals surface area contributed by atoms with E-state index in [9.17, 15) is 24.9 Å². The maximum Gasteiger partial charge on any atom is 0.516 e. The molecule has 142 valence electrons. The summed E-state index contributed by atoms with van der Waals surface area (Å²) in [7, 11) is 0. The Morgan fingerprint density at radius 3 is 2.60 bits per heavy atom. The summed E-state index contributed by atoms with van der Waals surface area (Å²) in [5.74, 6) is -2.02. The van der Waals surface area contributed by atoms with Crippen molar-refractivity contribution >= 4 is 12.1 Å². The lowest BCUT2D eigenvalue weighted by atomic mass is 9.97. The summed E-state index contributed by atoms with van der Waals surface area (Å²) in [4.78, 5) is 22.7. The van der Waals surface area contributed by atoms with Crippen molar-refractivity contribution in [3.05, 3.63) is 12.3 Å². The average molecular weight is 361 g/mol. The van der Waals surface area contributed by atoms with E-state index in [1.165, 1.54) is 6.92 Å². The molecule has 2 saturated heterocycles. The van der Waals surface area contributed by atoms with Gasteiger partial charge in [-0.3, -0.25) is 4.79 Å². The minimum Gasteiger partial charge on any atom is -0.394 e. The monoisotopic (exact) mass is 361 g/mol. The normalized spacial score (nSPS) is 38.2. The lowest BCUT2D eigenvalue weighted by molar-refractivity contribution is -0.271. The van der Waals surface area contributed by atoms with Gasteiger partial charge in [-0.1, -0.05) is 13.5 Å². The van der Waals surface area contributed by atoms with E-state index in [0.29, 0.717) is 6.42 Å². The molecule has 25 heavy (non-hydrogen) atoms. The van der Waals surface area contributed by atoms with Gasteiger partial charge in [-0.25, -0.2) is 4.79 Å². The molecule has 0 aromatic carbocycles. The average Bonchev–Trinajstić information content (AvgIpc) is 2.79. The Bertz CT molecular complexity index is 539. The Labute approximate surface area is 144 Å². The summed E-state index contributed by atoms with van der Waals surface area (Å²) in [5, 5.41) is 32.7. The first-order valence-electron chi connectivity index (χ1n) is 7.91. The van der Waals surface area contributed by atoms with Gasteiger partial charge in [-0.05, 0) is 6.42 Å². The molecule has 6 atom stereocenters. The molecule has 0 spiro atoms. The summed E-state index contributed by atoms with van der Waals surface area (Å²) in [6, 6.07) is -1.18. The van der Waals surface area contributed by atoms with Crippen LogP contribution >= 0.6 is 0 Å². The predicted molar refractivity (Wildman–Crippen MR) is 80.8 cm³/mol. The fourth-order valence-corrected chi connectivity index (χ4v) is 2.51. The Kier molecular flexibility index (Phi) is 6.01. The molecule has 0 radical (unpaired) electrons. The number of hydrogen-bond donors (Lipinski definition) is 4. The van der Waals surface area contributed by atoms with E-state index in [2.05, 4.69) is 16.6 Å². The molecule has 10 nitrogen and oxygen atoms in total. The quantitative estimate of drug-likeness (QED) is 0.443. The molecule has 10 heteroatoms. The van der Waals surface area contributed by atoms with E-state index in [4.69, 9.17) is 14.2 Å². The Morgan fingerprint density at radius 1 is 1.36 bits per heavy atom. The second-order valence-corrected chi connectivity index (χ2v) is 6.02. The molecular formula is C15H23NO9. The van der Waals surface area contributed by atoms with Crippen molar-refractivity contribution < 1.29 is 43.9 Å². The molecule has 2 aliphatic heterocycles. The maximum atomic E-state index is 11.6. The molecule has 1 amide bonds. The fraction of sp³-hybridized carbons (Fsp3) is 0.733. The molecule has 0 aromatic heterocycles. The molecule has 0 bridgehead atoms. The largest absolute Gasteiger partial charge is 0.516 e. The van der Waals surface area contributed by atoms with Crippen molar-refractivity contribution in [2.45, 2.75) is 63.1 Å². The van der Waals surface area contributed by atoms with Crippen LogP contribution in [0.5, 0.6) is 0 Å². The number of ether oxygens (including phenoxy) is 4. The third kappa shape index (κ3) is 4.28. The van der Waals surface area contributed by atoms with Crippen LogP contribution in [-0.4, -0.2) is 70.4 Å². The molecule has 2 heterocycles. The van der Waals surface area contributed by atoms with Crippen LogP contribution in [0.15, 0.2) is 12.3 Å². The van der Waals surface area contributed by atoms with Crippen LogP contribution in [0.3, 0.4) is 0 Å². The van der Waals surface area contributed by atoms with Gasteiger partial charge in [0.15, 0.2) is 12.0 Å². The van der Waals surface area contributed by atoms with Crippen LogP contribution in [0.25, 0.3) is 0 Å². The van der Waals surface area contributed by atoms with Gasteiger partial charge in [0.2, 0.25) is 5.91 Å². The van der Waals surface area contributed by atoms with Crippen LogP contribution in [-0.2, 0) is 23.7 Å². The number of amides is 1. The van der Waals surface area contributed by atoms with Crippen LogP contribution in [0.4, 0.5) is 4.79 Å². The van der Waals surface area contributed by atoms with Gasteiger partial charge in [0.25, 0.3) is 5.79 Å². The van der Waals surface area contributed by atoms with Gasteiger partial charge in [-0.2, -0.15) is 0 Å². The van der Waals surface area contributed by atoms with Gasteiger partial charge in [0.1, 0.15) is 24.4 Å². The molecule has 0 saturated carbocycles. The zero-order chi connectivity index (χ0) is 18.8. The van der Waals surface area contributed by atoms with Crippen LogP contribution in [0.1, 0.15) is 26.7 Å². The zero-order valence-corrected chi connectivity index (χ0v) is 14.0. The predicted octanol–water partition coefficient (Wildman–Crippen LogP) is -0.876. The van der Waals surface area contributed by atoms with E-state index >= 15 is 0 Å². The summed E-state index contributed by atoms with van der Waals surface area (Å²) < 4.78 is 20.1. The molecule has 0 aromatic rings. The standard InChI is InChI=1S/C15H23NO9/c1-4-5-9(17)16-10-12(19)11(18)8(24-13(10)20)6-22-15(3)7(2)23-14(21)25-15/h8,10-13,18-20H,2,4-6H2,1,3H3,(H,16,17)/t8-,10-,11-,12-,13?,15?/m1/s1. The smallest absolute Gasteiger partial charge is 0.394 e. The van der Waals surface area contributed by atoms with Gasteiger partial charge >= 0.3 is 6.16 Å². The van der Waals surface area contributed by atoms with E-state index < -0.39 is 42.6 Å². The Hall–Kier alpha value is -1.72. The molecule has 0 aliphatic carbocycles. The minimum atomic E-state index is -1.57. The topological polar surface area (TPSA) is 144 Å². The fourth-order valence-electron chi connectivity index (χ4n) is 2.51. The minimum absolute atomic E-state index is 0.0754. The van der Waals surface area contributed by atoms with Crippen LogP contribution in [0.2, 0.25) is 0 Å². The number of cyclic esters (lactones) is 2. The molecule has 2 rings (SSSR count). The van der Waals surface area contributed by atoms with E-state index in [1.54, 1.807) is 6.92 Å². The third-order valence-corrected chi connectivity index (χ3v) is 4.04. The first-order valence-corrected chi connectivity index (χ1v) is 7.91. The number of carbonyl (C=O) groups is 2. The Morgan fingerprint density at radius 2 is 2.04 bits per heavy atom. The second kappa shape index (κ2) is 7.67. The van der Waals surface area contributed by atoms with Crippen molar-refractivity contribution in [1.29, 1.82) is 0 Å². The highest BCUT2D eigenvalue weighted by Crippen LogP contribution is 2.31. The van der Waals surface area contributed by atoms with Crippen molar-refractivity contribution in [2.24, 2.45) is 0 Å². The summed E-state index contributed by atoms with van der Waals surface area (Å²) in [5.41, 5.74) is 0. The van der Waals surface area contributed by atoms with Crippen molar-refractivity contribution in [2.75, 3.05) is 6.61 Å². The number of aliphatic hydroxyl groups excluding tert-OH is 3. The van der Waals surface area contributed by atoms with Crippen LogP contribution in [0, 0.1) is 0 Å². The van der Waals surface area contributed by atoms with Crippen LogP contribution < -0.4 is 5.32 Å². The van der Waals surface area contributed by atoms with Crippen molar-refractivity contribution in [3.63, 3.8) is 0 Å². The summed E-state index contributed by atoms with van der Waals surface area (Å²) >= 11 is 0. The number of nitrogens with one attached hydrogen (secondary N) is 1. The van der Waals surface area contributed by atoms with Crippen molar-refractivity contribution in [1.82, 2.24) is 5.32 Å². The number of rotatable bonds is 6. The van der Waals surface area contributed by atoms with Gasteiger partial charge in [0, 0.05) is 13.3 Å². The zero-order valence-electron chi connectivity index (χ0n) is 14.0. The molecule has 2 fully saturated rings. The Balaban J connectivity index is 1.95. The second-order valence-electron chi connectivity index (χ2n) is 6.02. The van der Waals surface area contributed by atoms with E-state index in [1.807, 2.05) is 0 Å². The third-order valence-electron chi connectivity index (χ3n) is 4.04. The van der Waals surface area contributed by atoms with Gasteiger partial charge in [-0.15, -0.1) is 0 Å². The highest BCUT2D eigenvalue weighted by molar-refractivity contribution is 5.76. The molecule has 4 N–H and O–H groups in total.